The lowest BCUT2D eigenvalue weighted by Gasteiger charge is -2.18. The molecule has 0 saturated carbocycles. The van der Waals surface area contributed by atoms with Crippen LogP contribution in [0.2, 0.25) is 0 Å². The van der Waals surface area contributed by atoms with Crippen molar-refractivity contribution < 1.29 is 9.90 Å². The lowest BCUT2D eigenvalue weighted by molar-refractivity contribution is -0.131. The number of hydrogen-bond acceptors (Lipinski definition) is 2. The number of aliphatic carboxylic acids is 1. The van der Waals surface area contributed by atoms with Crippen molar-refractivity contribution in [2.75, 3.05) is 13.1 Å². The molecule has 0 atom stereocenters. The first-order valence-electron chi connectivity index (χ1n) is 4.26. The predicted molar refractivity (Wildman–Crippen MR) is 47.0 cm³/mol. The van der Waals surface area contributed by atoms with Gasteiger partial charge >= 0.3 is 5.97 Å². The second kappa shape index (κ2) is 3.72. The van der Waals surface area contributed by atoms with Crippen molar-refractivity contribution in [3.8, 4) is 0 Å². The SMILES string of the molecule is CC(C)N1CCC(=CC(=O)O)C1. The molecule has 1 aliphatic heterocycles. The zero-order valence-electron chi connectivity index (χ0n) is 7.58. The maximum Gasteiger partial charge on any atom is 0.328 e. The lowest BCUT2D eigenvalue weighted by atomic mass is 10.2. The fourth-order valence-corrected chi connectivity index (χ4v) is 1.44. The molecule has 1 fully saturated rings. The molecular formula is C9H15NO2. The summed E-state index contributed by atoms with van der Waals surface area (Å²) in [6.07, 6.45) is 2.24. The summed E-state index contributed by atoms with van der Waals surface area (Å²) in [5, 5.41) is 8.50. The third-order valence-corrected chi connectivity index (χ3v) is 2.18. The monoisotopic (exact) mass is 169 g/mol. The average molecular weight is 169 g/mol. The van der Waals surface area contributed by atoms with E-state index in [1.54, 1.807) is 0 Å². The second-order valence-corrected chi connectivity index (χ2v) is 3.46. The number of nitrogens with zero attached hydrogens (tertiary/aromatic N) is 1. The standard InChI is InChI=1S/C9H15NO2/c1-7(2)10-4-3-8(6-10)5-9(11)12/h5,7H,3-4,6H2,1-2H3,(H,11,12). The van der Waals surface area contributed by atoms with E-state index in [0.29, 0.717) is 6.04 Å². The molecule has 0 aromatic heterocycles. The van der Waals surface area contributed by atoms with E-state index < -0.39 is 5.97 Å². The van der Waals surface area contributed by atoms with Crippen molar-refractivity contribution in [2.45, 2.75) is 26.3 Å². The Balaban J connectivity index is 2.51. The fraction of sp³-hybridized carbons (Fsp3) is 0.667. The Bertz CT molecular complexity index is 209. The molecule has 0 spiro atoms. The second-order valence-electron chi connectivity index (χ2n) is 3.46. The van der Waals surface area contributed by atoms with Gasteiger partial charge in [0, 0.05) is 25.2 Å². The van der Waals surface area contributed by atoms with Crippen LogP contribution in [0.25, 0.3) is 0 Å². The number of carbonyl (C=O) groups is 1. The number of carboxylic acids is 1. The van der Waals surface area contributed by atoms with Gasteiger partial charge in [0.15, 0.2) is 0 Å². The van der Waals surface area contributed by atoms with E-state index in [1.807, 2.05) is 0 Å². The summed E-state index contributed by atoms with van der Waals surface area (Å²) in [6.45, 7) is 6.08. The van der Waals surface area contributed by atoms with Crippen LogP contribution in [0.4, 0.5) is 0 Å². The molecule has 0 aliphatic carbocycles. The molecule has 1 N–H and O–H groups in total. The average Bonchev–Trinajstić information content (AvgIpc) is 2.34. The van der Waals surface area contributed by atoms with Crippen LogP contribution >= 0.6 is 0 Å². The molecule has 1 rings (SSSR count). The van der Waals surface area contributed by atoms with Crippen LogP contribution in [0.1, 0.15) is 20.3 Å². The van der Waals surface area contributed by atoms with E-state index >= 15 is 0 Å². The highest BCUT2D eigenvalue weighted by molar-refractivity contribution is 5.80. The molecule has 0 radical (unpaired) electrons. The van der Waals surface area contributed by atoms with Gasteiger partial charge in [-0.1, -0.05) is 0 Å². The van der Waals surface area contributed by atoms with Gasteiger partial charge in [-0.2, -0.15) is 0 Å². The lowest BCUT2D eigenvalue weighted by Crippen LogP contribution is -2.27. The van der Waals surface area contributed by atoms with Gasteiger partial charge in [-0.15, -0.1) is 0 Å². The Hall–Kier alpha value is -0.830. The van der Waals surface area contributed by atoms with E-state index in [0.717, 1.165) is 25.1 Å². The Morgan fingerprint density at radius 2 is 2.33 bits per heavy atom. The Labute approximate surface area is 72.7 Å². The summed E-state index contributed by atoms with van der Waals surface area (Å²) in [7, 11) is 0. The smallest absolute Gasteiger partial charge is 0.328 e. The van der Waals surface area contributed by atoms with Gasteiger partial charge < -0.3 is 5.11 Å². The maximum absolute atomic E-state index is 10.3. The molecule has 0 bridgehead atoms. The molecule has 0 unspecified atom stereocenters. The van der Waals surface area contributed by atoms with Gasteiger partial charge in [0.2, 0.25) is 0 Å². The van der Waals surface area contributed by atoms with E-state index in [4.69, 9.17) is 5.11 Å². The highest BCUT2D eigenvalue weighted by atomic mass is 16.4. The summed E-state index contributed by atoms with van der Waals surface area (Å²) in [5.74, 6) is -0.824. The molecule has 1 aliphatic rings. The molecule has 0 aromatic rings. The highest BCUT2D eigenvalue weighted by Gasteiger charge is 2.18. The Morgan fingerprint density at radius 1 is 1.67 bits per heavy atom. The molecule has 3 heteroatoms. The van der Waals surface area contributed by atoms with Crippen LogP contribution < -0.4 is 0 Å². The van der Waals surface area contributed by atoms with Crippen molar-refractivity contribution in [1.29, 1.82) is 0 Å². The van der Waals surface area contributed by atoms with Crippen LogP contribution in [-0.4, -0.2) is 35.1 Å². The fourth-order valence-electron chi connectivity index (χ4n) is 1.44. The van der Waals surface area contributed by atoms with Crippen LogP contribution in [0.5, 0.6) is 0 Å². The normalized spacial score (nSPS) is 22.4. The number of carboxylic acid groups (broad SMARTS) is 1. The van der Waals surface area contributed by atoms with Gasteiger partial charge in [0.25, 0.3) is 0 Å². The van der Waals surface area contributed by atoms with Crippen molar-refractivity contribution >= 4 is 5.97 Å². The molecule has 0 aromatic carbocycles. The predicted octanol–water partition coefficient (Wildman–Crippen LogP) is 1.11. The third-order valence-electron chi connectivity index (χ3n) is 2.18. The van der Waals surface area contributed by atoms with Crippen molar-refractivity contribution in [2.24, 2.45) is 0 Å². The summed E-state index contributed by atoms with van der Waals surface area (Å²) in [4.78, 5) is 12.6. The highest BCUT2D eigenvalue weighted by Crippen LogP contribution is 2.16. The van der Waals surface area contributed by atoms with Gasteiger partial charge in [-0.05, 0) is 25.8 Å². The summed E-state index contributed by atoms with van der Waals surface area (Å²) in [6, 6.07) is 0.518. The summed E-state index contributed by atoms with van der Waals surface area (Å²) < 4.78 is 0. The number of rotatable bonds is 2. The van der Waals surface area contributed by atoms with Gasteiger partial charge in [0.1, 0.15) is 0 Å². The molecule has 3 nitrogen and oxygen atoms in total. The summed E-state index contributed by atoms with van der Waals surface area (Å²) in [5.41, 5.74) is 1.04. The topological polar surface area (TPSA) is 40.5 Å². The zero-order chi connectivity index (χ0) is 9.14. The minimum atomic E-state index is -0.824. The minimum absolute atomic E-state index is 0.518. The minimum Gasteiger partial charge on any atom is -0.478 e. The van der Waals surface area contributed by atoms with Crippen LogP contribution in [-0.2, 0) is 4.79 Å². The van der Waals surface area contributed by atoms with E-state index in [1.165, 1.54) is 6.08 Å². The van der Waals surface area contributed by atoms with Crippen molar-refractivity contribution in [3.05, 3.63) is 11.6 Å². The number of likely N-dealkylation sites (tertiary alicyclic amines) is 1. The van der Waals surface area contributed by atoms with Crippen LogP contribution in [0.15, 0.2) is 11.6 Å². The molecule has 0 amide bonds. The first kappa shape index (κ1) is 9.26. The van der Waals surface area contributed by atoms with E-state index in [9.17, 15) is 4.79 Å². The largest absolute Gasteiger partial charge is 0.478 e. The molecule has 1 saturated heterocycles. The van der Waals surface area contributed by atoms with E-state index in [-0.39, 0.29) is 0 Å². The molecular weight excluding hydrogens is 154 g/mol. The first-order chi connectivity index (χ1) is 5.59. The van der Waals surface area contributed by atoms with E-state index in [2.05, 4.69) is 18.7 Å². The molecule has 68 valence electrons. The zero-order valence-corrected chi connectivity index (χ0v) is 7.58. The Kier molecular flexibility index (Phi) is 2.87. The summed E-state index contributed by atoms with van der Waals surface area (Å²) >= 11 is 0. The van der Waals surface area contributed by atoms with Gasteiger partial charge in [-0.25, -0.2) is 4.79 Å². The first-order valence-corrected chi connectivity index (χ1v) is 4.26. The molecule has 1 heterocycles. The quantitative estimate of drug-likeness (QED) is 0.629. The third kappa shape index (κ3) is 2.34. The van der Waals surface area contributed by atoms with Gasteiger partial charge in [-0.3, -0.25) is 4.90 Å². The maximum atomic E-state index is 10.3. The van der Waals surface area contributed by atoms with Gasteiger partial charge in [0.05, 0.1) is 0 Å². The van der Waals surface area contributed by atoms with Crippen LogP contribution in [0.3, 0.4) is 0 Å². The van der Waals surface area contributed by atoms with Crippen LogP contribution in [0, 0.1) is 0 Å². The number of hydrogen-bond donors (Lipinski definition) is 1. The van der Waals surface area contributed by atoms with Crippen molar-refractivity contribution in [1.82, 2.24) is 4.90 Å². The van der Waals surface area contributed by atoms with Crippen molar-refractivity contribution in [3.63, 3.8) is 0 Å². The Morgan fingerprint density at radius 3 is 2.75 bits per heavy atom. The molecule has 12 heavy (non-hydrogen) atoms.